The summed E-state index contributed by atoms with van der Waals surface area (Å²) < 4.78 is 12.9. The first-order valence-electron chi connectivity index (χ1n) is 14.5. The van der Waals surface area contributed by atoms with E-state index < -0.39 is 12.0 Å². The average molecular weight is 545 g/mol. The van der Waals surface area contributed by atoms with Crippen LogP contribution in [0.4, 0.5) is 5.95 Å². The molecule has 0 aliphatic heterocycles. The number of carbonyl (C=O) groups is 2. The van der Waals surface area contributed by atoms with Gasteiger partial charge in [0.05, 0.1) is 25.7 Å². The van der Waals surface area contributed by atoms with Gasteiger partial charge >= 0.3 is 11.9 Å². The first-order chi connectivity index (χ1) is 18.8. The van der Waals surface area contributed by atoms with Gasteiger partial charge in [-0.3, -0.25) is 9.59 Å². The van der Waals surface area contributed by atoms with E-state index in [9.17, 15) is 9.59 Å². The maximum absolute atomic E-state index is 12.4. The van der Waals surface area contributed by atoms with Crippen LogP contribution < -0.4 is 11.5 Å². The van der Waals surface area contributed by atoms with Crippen molar-refractivity contribution < 1.29 is 19.1 Å². The summed E-state index contributed by atoms with van der Waals surface area (Å²) in [5, 5.41) is 0. The van der Waals surface area contributed by atoms with Gasteiger partial charge in [-0.05, 0) is 38.0 Å². The quantitative estimate of drug-likeness (QED) is 0.134. The molecule has 0 aromatic carbocycles. The number of rotatable bonds is 20. The standard InChI is InChI=1S/C29H48N6O4/c1-4-5-6-7-8-9-10-11-12-13-14-15-25(36)39-20-23(16-17-38-28(37)26(30)22(2)3)19-35-21-33-24-18-32-29(31)34-27(24)35/h7-8,18,21-23,26H,4-6,9-17,19-20,30H2,1-3H3,(H2,31,32,34)/t23-,26+/m1/s1. The average Bonchev–Trinajstić information content (AvgIpc) is 3.31. The van der Waals surface area contributed by atoms with Crippen LogP contribution in [0.3, 0.4) is 0 Å². The van der Waals surface area contributed by atoms with Gasteiger partial charge in [0.1, 0.15) is 11.6 Å². The van der Waals surface area contributed by atoms with Crippen molar-refractivity contribution in [1.82, 2.24) is 19.5 Å². The van der Waals surface area contributed by atoms with Crippen LogP contribution in [0.15, 0.2) is 24.7 Å². The minimum atomic E-state index is -0.666. The molecule has 0 fully saturated rings. The molecule has 2 aromatic rings. The van der Waals surface area contributed by atoms with Gasteiger partial charge in [0.15, 0.2) is 5.65 Å². The van der Waals surface area contributed by atoms with Gasteiger partial charge < -0.3 is 25.5 Å². The zero-order valence-electron chi connectivity index (χ0n) is 24.0. The number of fused-ring (bicyclic) bond motifs is 1. The molecule has 2 aromatic heterocycles. The second-order valence-corrected chi connectivity index (χ2v) is 10.5. The third-order valence-corrected chi connectivity index (χ3v) is 6.72. The van der Waals surface area contributed by atoms with Crippen LogP contribution in [0.5, 0.6) is 0 Å². The maximum Gasteiger partial charge on any atom is 0.323 e. The number of nitrogen functional groups attached to an aromatic ring is 1. The Labute approximate surface area is 232 Å². The van der Waals surface area contributed by atoms with Crippen LogP contribution >= 0.6 is 0 Å². The number of anilines is 1. The molecule has 0 aliphatic rings. The summed E-state index contributed by atoms with van der Waals surface area (Å²) in [6.07, 6.45) is 18.9. The molecule has 0 amide bonds. The third-order valence-electron chi connectivity index (χ3n) is 6.72. The molecule has 10 nitrogen and oxygen atoms in total. The Morgan fingerprint density at radius 2 is 1.74 bits per heavy atom. The van der Waals surface area contributed by atoms with Crippen LogP contribution in [-0.4, -0.2) is 50.7 Å². The van der Waals surface area contributed by atoms with Gasteiger partial charge in [0, 0.05) is 18.9 Å². The Kier molecular flexibility index (Phi) is 15.1. The predicted molar refractivity (Wildman–Crippen MR) is 154 cm³/mol. The molecule has 39 heavy (non-hydrogen) atoms. The zero-order valence-corrected chi connectivity index (χ0v) is 24.0. The van der Waals surface area contributed by atoms with Crippen molar-refractivity contribution >= 4 is 29.1 Å². The highest BCUT2D eigenvalue weighted by atomic mass is 16.5. The summed E-state index contributed by atoms with van der Waals surface area (Å²) in [7, 11) is 0. The maximum atomic E-state index is 12.4. The number of carbonyl (C=O) groups excluding carboxylic acids is 2. The smallest absolute Gasteiger partial charge is 0.323 e. The Bertz CT molecular complexity index is 1020. The zero-order chi connectivity index (χ0) is 28.5. The number of ether oxygens (including phenoxy) is 2. The van der Waals surface area contributed by atoms with E-state index in [4.69, 9.17) is 20.9 Å². The molecule has 2 atom stereocenters. The van der Waals surface area contributed by atoms with Gasteiger partial charge in [-0.15, -0.1) is 0 Å². The summed E-state index contributed by atoms with van der Waals surface area (Å²) in [6.45, 7) is 6.82. The summed E-state index contributed by atoms with van der Waals surface area (Å²) >= 11 is 0. The summed E-state index contributed by atoms with van der Waals surface area (Å²) in [5.41, 5.74) is 12.9. The van der Waals surface area contributed by atoms with Gasteiger partial charge in [0.25, 0.3) is 0 Å². The van der Waals surface area contributed by atoms with Crippen molar-refractivity contribution in [2.45, 2.75) is 104 Å². The minimum absolute atomic E-state index is 0.0101. The number of nitrogens with two attached hydrogens (primary N) is 2. The Hall–Kier alpha value is -3.01. The minimum Gasteiger partial charge on any atom is -0.465 e. The summed E-state index contributed by atoms with van der Waals surface area (Å²) in [4.78, 5) is 37.2. The molecule has 0 radical (unpaired) electrons. The van der Waals surface area contributed by atoms with Crippen molar-refractivity contribution in [3.63, 3.8) is 0 Å². The van der Waals surface area contributed by atoms with Gasteiger partial charge in [0.2, 0.25) is 5.95 Å². The number of esters is 2. The lowest BCUT2D eigenvalue weighted by atomic mass is 10.1. The van der Waals surface area contributed by atoms with Crippen LogP contribution in [0.1, 0.15) is 91.4 Å². The molecule has 2 rings (SSSR count). The second kappa shape index (κ2) is 18.3. The lowest BCUT2D eigenvalue weighted by Crippen LogP contribution is -2.37. The van der Waals surface area contributed by atoms with Crippen molar-refractivity contribution in [3.05, 3.63) is 24.7 Å². The number of allylic oxidation sites excluding steroid dienone is 2. The van der Waals surface area contributed by atoms with E-state index in [-0.39, 0.29) is 37.0 Å². The molecule has 0 bridgehead atoms. The van der Waals surface area contributed by atoms with E-state index in [1.54, 1.807) is 12.5 Å². The highest BCUT2D eigenvalue weighted by Crippen LogP contribution is 2.16. The van der Waals surface area contributed by atoms with E-state index in [1.807, 2.05) is 18.4 Å². The van der Waals surface area contributed by atoms with Gasteiger partial charge in [-0.2, -0.15) is 4.98 Å². The van der Waals surface area contributed by atoms with Crippen LogP contribution in [0, 0.1) is 11.8 Å². The van der Waals surface area contributed by atoms with E-state index in [1.165, 1.54) is 32.1 Å². The van der Waals surface area contributed by atoms with Crippen molar-refractivity contribution in [3.8, 4) is 0 Å². The Morgan fingerprint density at radius 3 is 2.49 bits per heavy atom. The van der Waals surface area contributed by atoms with Gasteiger partial charge in [-0.1, -0.05) is 65.0 Å². The van der Waals surface area contributed by atoms with Crippen LogP contribution in [0.2, 0.25) is 0 Å². The Balaban J connectivity index is 1.78. The highest BCUT2D eigenvalue weighted by molar-refractivity contribution is 5.75. The fourth-order valence-electron chi connectivity index (χ4n) is 4.10. The SMILES string of the molecule is CCCCC=CCCCCCCCC(=O)OC[C@H](CCOC(=O)[C@@H](N)C(C)C)Cn1cnc2cnc(N)nc21. The first-order valence-corrected chi connectivity index (χ1v) is 14.5. The van der Waals surface area contributed by atoms with Crippen molar-refractivity contribution in [1.29, 1.82) is 0 Å². The number of imidazole rings is 1. The molecule has 4 N–H and O–H groups in total. The predicted octanol–water partition coefficient (Wildman–Crippen LogP) is 4.96. The lowest BCUT2D eigenvalue weighted by molar-refractivity contribution is -0.149. The molecule has 10 heteroatoms. The van der Waals surface area contributed by atoms with E-state index in [0.717, 1.165) is 25.7 Å². The van der Waals surface area contributed by atoms with Gasteiger partial charge in [-0.25, -0.2) is 9.97 Å². The molecular weight excluding hydrogens is 496 g/mol. The van der Waals surface area contributed by atoms with Crippen LogP contribution in [-0.2, 0) is 25.6 Å². The number of aromatic nitrogens is 4. The monoisotopic (exact) mass is 544 g/mol. The van der Waals surface area contributed by atoms with E-state index in [0.29, 0.717) is 30.6 Å². The fourth-order valence-corrected chi connectivity index (χ4v) is 4.10. The molecule has 2 heterocycles. The third kappa shape index (κ3) is 12.6. The van der Waals surface area contributed by atoms with E-state index in [2.05, 4.69) is 34.0 Å². The number of hydrogen-bond donors (Lipinski definition) is 2. The summed E-state index contributed by atoms with van der Waals surface area (Å²) in [5.74, 6) is -0.603. The van der Waals surface area contributed by atoms with Crippen molar-refractivity contribution in [2.75, 3.05) is 18.9 Å². The van der Waals surface area contributed by atoms with E-state index >= 15 is 0 Å². The number of unbranched alkanes of at least 4 members (excludes halogenated alkanes) is 7. The molecular formula is C29H48N6O4. The molecule has 0 spiro atoms. The molecule has 0 aliphatic carbocycles. The molecule has 218 valence electrons. The fraction of sp³-hybridized carbons (Fsp3) is 0.690. The molecule has 0 saturated heterocycles. The topological polar surface area (TPSA) is 148 Å². The highest BCUT2D eigenvalue weighted by Gasteiger charge is 2.21. The van der Waals surface area contributed by atoms with Crippen molar-refractivity contribution in [2.24, 2.45) is 17.6 Å². The largest absolute Gasteiger partial charge is 0.465 e. The normalized spacial score (nSPS) is 13.3. The summed E-state index contributed by atoms with van der Waals surface area (Å²) in [6, 6.07) is -0.666. The van der Waals surface area contributed by atoms with Crippen LogP contribution in [0.25, 0.3) is 11.2 Å². The molecule has 0 saturated carbocycles. The molecule has 0 unspecified atom stereocenters. The first kappa shape index (κ1) is 32.2. The Morgan fingerprint density at radius 1 is 1.03 bits per heavy atom. The number of nitrogens with zero attached hydrogens (tertiary/aromatic N) is 4. The second-order valence-electron chi connectivity index (χ2n) is 10.5. The number of hydrogen-bond acceptors (Lipinski definition) is 9. The lowest BCUT2D eigenvalue weighted by Gasteiger charge is -2.19.